The molecule has 2 aliphatic rings. The number of aromatic nitrogens is 2. The van der Waals surface area contributed by atoms with E-state index in [1.54, 1.807) is 0 Å². The molecule has 1 fully saturated rings. The molecule has 1 aromatic carbocycles. The largest absolute Gasteiger partial charge is 0.354 e. The van der Waals surface area contributed by atoms with Gasteiger partial charge >= 0.3 is 0 Å². The van der Waals surface area contributed by atoms with Crippen LogP contribution in [-0.4, -0.2) is 47.0 Å². The van der Waals surface area contributed by atoms with Gasteiger partial charge in [0.25, 0.3) is 0 Å². The van der Waals surface area contributed by atoms with Gasteiger partial charge in [0.15, 0.2) is 5.82 Å². The lowest BCUT2D eigenvalue weighted by Crippen LogP contribution is -2.39. The van der Waals surface area contributed by atoms with Gasteiger partial charge in [0.1, 0.15) is 5.69 Å². The zero-order valence-electron chi connectivity index (χ0n) is 19.4. The lowest BCUT2D eigenvalue weighted by molar-refractivity contribution is -0.115. The average molecular weight is 438 g/mol. The van der Waals surface area contributed by atoms with Gasteiger partial charge in [-0.05, 0) is 42.5 Å². The van der Waals surface area contributed by atoms with Crippen molar-refractivity contribution in [3.63, 3.8) is 0 Å². The first kappa shape index (κ1) is 22.5. The van der Waals surface area contributed by atoms with Crippen molar-refractivity contribution in [2.24, 2.45) is 11.1 Å². The highest BCUT2D eigenvalue weighted by Crippen LogP contribution is 2.32. The summed E-state index contributed by atoms with van der Waals surface area (Å²) in [6.45, 7) is 11.6. The Labute approximate surface area is 190 Å². The lowest BCUT2D eigenvalue weighted by Gasteiger charge is -2.31. The van der Waals surface area contributed by atoms with E-state index in [1.807, 2.05) is 4.90 Å². The monoisotopic (exact) mass is 437 g/mol. The molecule has 0 radical (unpaired) electrons. The summed E-state index contributed by atoms with van der Waals surface area (Å²) in [5.41, 5.74) is 9.81. The summed E-state index contributed by atoms with van der Waals surface area (Å²) in [7, 11) is 0. The van der Waals surface area contributed by atoms with Gasteiger partial charge in [0, 0.05) is 26.2 Å². The molecule has 0 saturated carbocycles. The Hall–Kier alpha value is -2.71. The molecular formula is C24H35N7O. The Bertz CT molecular complexity index is 963. The predicted octanol–water partition coefficient (Wildman–Crippen LogP) is 2.95. The third kappa shape index (κ3) is 5.55. The Balaban J connectivity index is 1.58. The Morgan fingerprint density at radius 1 is 1.12 bits per heavy atom. The summed E-state index contributed by atoms with van der Waals surface area (Å²) < 4.78 is 0. The second-order valence-corrected chi connectivity index (χ2v) is 10.0. The summed E-state index contributed by atoms with van der Waals surface area (Å²) in [6, 6.07) is 8.65. The first-order valence-electron chi connectivity index (χ1n) is 11.5. The first-order valence-corrected chi connectivity index (χ1v) is 11.5. The minimum absolute atomic E-state index is 0.0700. The molecule has 0 bridgehead atoms. The van der Waals surface area contributed by atoms with Gasteiger partial charge in [-0.3, -0.25) is 9.69 Å². The number of carbonyl (C=O) groups is 1. The molecule has 0 unspecified atom stereocenters. The molecule has 8 heteroatoms. The van der Waals surface area contributed by atoms with Crippen LogP contribution in [0.5, 0.6) is 0 Å². The van der Waals surface area contributed by atoms with Crippen molar-refractivity contribution in [3.8, 4) is 0 Å². The fraction of sp³-hybridized carbons (Fsp3) is 0.542. The summed E-state index contributed by atoms with van der Waals surface area (Å²) >= 11 is 0. The minimum atomic E-state index is -0.0700. The topological polar surface area (TPSA) is 99.4 Å². The molecule has 0 atom stereocenters. The normalized spacial score (nSPS) is 16.8. The van der Waals surface area contributed by atoms with Crippen LogP contribution in [0.15, 0.2) is 24.3 Å². The van der Waals surface area contributed by atoms with E-state index in [0.29, 0.717) is 23.9 Å². The first-order chi connectivity index (χ1) is 15.3. The van der Waals surface area contributed by atoms with Crippen LogP contribution in [0.3, 0.4) is 0 Å². The Morgan fingerprint density at radius 3 is 2.53 bits per heavy atom. The van der Waals surface area contributed by atoms with Crippen molar-refractivity contribution in [1.29, 1.82) is 0 Å². The number of hydrogen-bond acceptors (Lipinski definition) is 7. The standard InChI is InChI=1S/C24H35N7O/c1-24(2,3)16-26-23-27-19(12-25)21-22(29-23)31(15-20(32)28-21)14-18-8-6-7-17(11-18)13-30-9-4-5-10-30/h6-8,11H,4-5,9-10,12-16,25H2,1-3H3,(H,28,32)(H,26,27,29). The maximum absolute atomic E-state index is 12.5. The highest BCUT2D eigenvalue weighted by molar-refractivity contribution is 6.01. The Morgan fingerprint density at radius 2 is 1.84 bits per heavy atom. The van der Waals surface area contributed by atoms with Gasteiger partial charge in [-0.15, -0.1) is 0 Å². The van der Waals surface area contributed by atoms with Gasteiger partial charge in [-0.1, -0.05) is 45.0 Å². The summed E-state index contributed by atoms with van der Waals surface area (Å²) in [5, 5.41) is 6.27. The van der Waals surface area contributed by atoms with E-state index in [4.69, 9.17) is 10.7 Å². The van der Waals surface area contributed by atoms with E-state index < -0.39 is 0 Å². The number of nitrogens with zero attached hydrogens (tertiary/aromatic N) is 4. The van der Waals surface area contributed by atoms with E-state index >= 15 is 0 Å². The zero-order chi connectivity index (χ0) is 22.7. The molecule has 1 saturated heterocycles. The second-order valence-electron chi connectivity index (χ2n) is 10.0. The van der Waals surface area contributed by atoms with Crippen LogP contribution in [-0.2, 0) is 24.4 Å². The number of hydrogen-bond donors (Lipinski definition) is 3. The van der Waals surface area contributed by atoms with Crippen molar-refractivity contribution in [3.05, 3.63) is 41.1 Å². The molecule has 32 heavy (non-hydrogen) atoms. The van der Waals surface area contributed by atoms with E-state index in [1.165, 1.54) is 37.1 Å². The maximum atomic E-state index is 12.5. The number of nitrogens with one attached hydrogen (secondary N) is 2. The van der Waals surface area contributed by atoms with Crippen LogP contribution < -0.4 is 21.3 Å². The van der Waals surface area contributed by atoms with Crippen LogP contribution in [0.2, 0.25) is 0 Å². The summed E-state index contributed by atoms with van der Waals surface area (Å²) in [5.74, 6) is 1.20. The molecule has 172 valence electrons. The van der Waals surface area contributed by atoms with Gasteiger partial charge in [-0.25, -0.2) is 4.98 Å². The molecule has 0 spiro atoms. The van der Waals surface area contributed by atoms with E-state index in [-0.39, 0.29) is 24.4 Å². The predicted molar refractivity (Wildman–Crippen MR) is 129 cm³/mol. The van der Waals surface area contributed by atoms with Crippen molar-refractivity contribution in [1.82, 2.24) is 14.9 Å². The molecule has 8 nitrogen and oxygen atoms in total. The number of carbonyl (C=O) groups excluding carboxylic acids is 1. The molecule has 0 aliphatic carbocycles. The molecule has 2 aromatic rings. The van der Waals surface area contributed by atoms with Crippen LogP contribution in [0.1, 0.15) is 50.4 Å². The molecule has 1 aromatic heterocycles. The lowest BCUT2D eigenvalue weighted by atomic mass is 9.97. The Kier molecular flexibility index (Phi) is 6.62. The average Bonchev–Trinajstić information content (AvgIpc) is 3.24. The third-order valence-electron chi connectivity index (χ3n) is 5.80. The number of fused-ring (bicyclic) bond motifs is 1. The summed E-state index contributed by atoms with van der Waals surface area (Å²) in [4.78, 5) is 26.3. The fourth-order valence-electron chi connectivity index (χ4n) is 4.23. The van der Waals surface area contributed by atoms with Crippen LogP contribution in [0.25, 0.3) is 0 Å². The van der Waals surface area contributed by atoms with Gasteiger partial charge < -0.3 is 21.3 Å². The number of amides is 1. The van der Waals surface area contributed by atoms with Crippen molar-refractivity contribution in [2.45, 2.75) is 53.2 Å². The van der Waals surface area contributed by atoms with E-state index in [2.05, 4.69) is 65.6 Å². The van der Waals surface area contributed by atoms with Crippen LogP contribution in [0.4, 0.5) is 17.5 Å². The number of anilines is 3. The highest BCUT2D eigenvalue weighted by atomic mass is 16.2. The van der Waals surface area contributed by atoms with Crippen LogP contribution in [0, 0.1) is 5.41 Å². The van der Waals surface area contributed by atoms with Crippen molar-refractivity contribution >= 4 is 23.4 Å². The van der Waals surface area contributed by atoms with Gasteiger partial charge in [0.2, 0.25) is 11.9 Å². The number of benzene rings is 1. The molecule has 1 amide bonds. The highest BCUT2D eigenvalue weighted by Gasteiger charge is 2.27. The third-order valence-corrected chi connectivity index (χ3v) is 5.80. The summed E-state index contributed by atoms with van der Waals surface area (Å²) in [6.07, 6.45) is 2.57. The van der Waals surface area contributed by atoms with Gasteiger partial charge in [0.05, 0.1) is 12.2 Å². The SMILES string of the molecule is CC(C)(C)CNc1nc(CN)c2c(n1)N(Cc1cccc(CN3CCCC3)c1)CC(=O)N2. The minimum Gasteiger partial charge on any atom is -0.354 e. The van der Waals surface area contributed by atoms with E-state index in [0.717, 1.165) is 18.9 Å². The molecule has 3 heterocycles. The number of likely N-dealkylation sites (tertiary alicyclic amines) is 1. The van der Waals surface area contributed by atoms with Crippen molar-refractivity contribution < 1.29 is 4.79 Å². The smallest absolute Gasteiger partial charge is 0.244 e. The van der Waals surface area contributed by atoms with Crippen molar-refractivity contribution in [2.75, 3.05) is 41.7 Å². The van der Waals surface area contributed by atoms with E-state index in [9.17, 15) is 4.79 Å². The fourth-order valence-corrected chi connectivity index (χ4v) is 4.23. The second kappa shape index (κ2) is 9.42. The van der Waals surface area contributed by atoms with Gasteiger partial charge in [-0.2, -0.15) is 4.98 Å². The van der Waals surface area contributed by atoms with Crippen LogP contribution >= 0.6 is 0 Å². The number of rotatable bonds is 7. The zero-order valence-corrected chi connectivity index (χ0v) is 19.4. The molecule has 4 N–H and O–H groups in total. The number of nitrogens with two attached hydrogens (primary N) is 1. The molecular weight excluding hydrogens is 402 g/mol. The quantitative estimate of drug-likeness (QED) is 0.612. The molecule has 2 aliphatic heterocycles. The maximum Gasteiger partial charge on any atom is 0.244 e. The molecule has 4 rings (SSSR count).